The molecule has 0 bridgehead atoms. The number of hydrogen-bond acceptors (Lipinski definition) is 5. The zero-order valence-corrected chi connectivity index (χ0v) is 17.5. The molecule has 3 aromatic rings. The number of fused-ring (bicyclic) bond motifs is 1. The van der Waals surface area contributed by atoms with E-state index in [2.05, 4.69) is 12.2 Å². The number of aryl methyl sites for hydroxylation is 1. The van der Waals surface area contributed by atoms with Crippen LogP contribution in [0.5, 0.6) is 0 Å². The van der Waals surface area contributed by atoms with Crippen LogP contribution in [0.25, 0.3) is 11.0 Å². The predicted octanol–water partition coefficient (Wildman–Crippen LogP) is 2.75. The third kappa shape index (κ3) is 4.67. The van der Waals surface area contributed by atoms with E-state index in [1.165, 1.54) is 0 Å². The lowest BCUT2D eigenvalue weighted by Crippen LogP contribution is -2.51. The molecule has 0 radical (unpaired) electrons. The van der Waals surface area contributed by atoms with Crippen molar-refractivity contribution in [1.29, 1.82) is 0 Å². The maximum atomic E-state index is 12.9. The largest absolute Gasteiger partial charge is 0.422 e. The number of piperazine rings is 1. The van der Waals surface area contributed by atoms with Gasteiger partial charge in [0.05, 0.1) is 6.54 Å². The molecule has 160 valence electrons. The number of amides is 2. The molecule has 0 unspecified atom stereocenters. The van der Waals surface area contributed by atoms with Crippen molar-refractivity contribution >= 4 is 28.5 Å². The van der Waals surface area contributed by atoms with Gasteiger partial charge in [-0.3, -0.25) is 14.5 Å². The van der Waals surface area contributed by atoms with Crippen LogP contribution >= 0.6 is 0 Å². The Bertz CT molecular complexity index is 1160. The molecule has 31 heavy (non-hydrogen) atoms. The zero-order chi connectivity index (χ0) is 21.8. The van der Waals surface area contributed by atoms with Gasteiger partial charge in [-0.05, 0) is 30.2 Å². The highest BCUT2D eigenvalue weighted by Crippen LogP contribution is 2.16. The minimum absolute atomic E-state index is 0.0427. The van der Waals surface area contributed by atoms with Gasteiger partial charge in [-0.1, -0.05) is 43.3 Å². The second kappa shape index (κ2) is 9.14. The van der Waals surface area contributed by atoms with Gasteiger partial charge in [0, 0.05) is 37.3 Å². The summed E-state index contributed by atoms with van der Waals surface area (Å²) in [5.41, 5.74) is 1.82. The molecule has 2 amide bonds. The Morgan fingerprint density at radius 2 is 1.71 bits per heavy atom. The fourth-order valence-corrected chi connectivity index (χ4v) is 3.83. The van der Waals surface area contributed by atoms with Gasteiger partial charge in [-0.25, -0.2) is 4.79 Å². The highest BCUT2D eigenvalue weighted by atomic mass is 16.4. The summed E-state index contributed by atoms with van der Waals surface area (Å²) in [6, 6.07) is 16.5. The third-order valence-electron chi connectivity index (χ3n) is 5.57. The van der Waals surface area contributed by atoms with Crippen LogP contribution in [-0.2, 0) is 11.2 Å². The van der Waals surface area contributed by atoms with Gasteiger partial charge in [-0.15, -0.1) is 0 Å². The molecule has 2 heterocycles. The average Bonchev–Trinajstić information content (AvgIpc) is 2.79. The summed E-state index contributed by atoms with van der Waals surface area (Å²) in [4.78, 5) is 41.3. The first-order valence-electron chi connectivity index (χ1n) is 10.5. The van der Waals surface area contributed by atoms with Crippen LogP contribution in [0.4, 0.5) is 5.69 Å². The quantitative estimate of drug-likeness (QED) is 0.643. The fourth-order valence-electron chi connectivity index (χ4n) is 3.83. The topological polar surface area (TPSA) is 82.9 Å². The molecular weight excluding hydrogens is 394 g/mol. The molecule has 0 saturated carbocycles. The van der Waals surface area contributed by atoms with Crippen LogP contribution in [0.15, 0.2) is 63.8 Å². The molecule has 0 atom stereocenters. The Morgan fingerprint density at radius 1 is 1.00 bits per heavy atom. The van der Waals surface area contributed by atoms with Crippen molar-refractivity contribution in [3.8, 4) is 0 Å². The standard InChI is InChI=1S/C24H25N3O4/c1-2-17-7-3-5-9-20(17)25-22(28)16-26-11-13-27(14-12-26)23(29)19-15-18-8-4-6-10-21(18)31-24(19)30/h3-10,15H,2,11-14,16H2,1H3,(H,25,28). The molecular formula is C24H25N3O4. The van der Waals surface area contributed by atoms with Crippen molar-refractivity contribution in [3.05, 3.63) is 76.1 Å². The molecule has 1 aliphatic rings. The second-order valence-electron chi connectivity index (χ2n) is 7.61. The van der Waals surface area contributed by atoms with Gasteiger partial charge < -0.3 is 14.6 Å². The number of carbonyl (C=O) groups is 2. The van der Waals surface area contributed by atoms with E-state index in [1.807, 2.05) is 41.3 Å². The van der Waals surface area contributed by atoms with Crippen molar-refractivity contribution in [2.24, 2.45) is 0 Å². The molecule has 0 spiro atoms. The summed E-state index contributed by atoms with van der Waals surface area (Å²) < 4.78 is 5.29. The zero-order valence-electron chi connectivity index (χ0n) is 17.5. The number of rotatable bonds is 5. The fraction of sp³-hybridized carbons (Fsp3) is 0.292. The molecule has 1 saturated heterocycles. The SMILES string of the molecule is CCc1ccccc1NC(=O)CN1CCN(C(=O)c2cc3ccccc3oc2=O)CC1. The minimum atomic E-state index is -0.625. The van der Waals surface area contributed by atoms with Crippen LogP contribution in [-0.4, -0.2) is 54.3 Å². The molecule has 1 aliphatic heterocycles. The minimum Gasteiger partial charge on any atom is -0.422 e. The number of nitrogens with one attached hydrogen (secondary N) is 1. The maximum absolute atomic E-state index is 12.9. The van der Waals surface area contributed by atoms with Crippen LogP contribution in [0, 0.1) is 0 Å². The lowest BCUT2D eigenvalue weighted by molar-refractivity contribution is -0.117. The average molecular weight is 419 g/mol. The van der Waals surface area contributed by atoms with E-state index in [4.69, 9.17) is 4.42 Å². The first kappa shape index (κ1) is 20.8. The van der Waals surface area contributed by atoms with E-state index in [-0.39, 0.29) is 23.9 Å². The number of nitrogens with zero attached hydrogens (tertiary/aromatic N) is 2. The summed E-state index contributed by atoms with van der Waals surface area (Å²) in [7, 11) is 0. The van der Waals surface area contributed by atoms with E-state index < -0.39 is 5.63 Å². The van der Waals surface area contributed by atoms with Crippen LogP contribution < -0.4 is 10.9 Å². The van der Waals surface area contributed by atoms with E-state index in [9.17, 15) is 14.4 Å². The van der Waals surface area contributed by atoms with Crippen LogP contribution in [0.2, 0.25) is 0 Å². The van der Waals surface area contributed by atoms with Gasteiger partial charge in [0.1, 0.15) is 11.1 Å². The number of benzene rings is 2. The lowest BCUT2D eigenvalue weighted by atomic mass is 10.1. The van der Waals surface area contributed by atoms with E-state index in [0.717, 1.165) is 17.7 Å². The van der Waals surface area contributed by atoms with Crippen molar-refractivity contribution in [1.82, 2.24) is 9.80 Å². The lowest BCUT2D eigenvalue weighted by Gasteiger charge is -2.34. The van der Waals surface area contributed by atoms with Crippen molar-refractivity contribution in [3.63, 3.8) is 0 Å². The summed E-state index contributed by atoms with van der Waals surface area (Å²) in [6.07, 6.45) is 0.847. The first-order valence-corrected chi connectivity index (χ1v) is 10.5. The molecule has 1 fully saturated rings. The molecule has 1 aromatic heterocycles. The van der Waals surface area contributed by atoms with E-state index in [1.54, 1.807) is 23.1 Å². The summed E-state index contributed by atoms with van der Waals surface area (Å²) in [6.45, 7) is 4.34. The Morgan fingerprint density at radius 3 is 2.48 bits per heavy atom. The number of carbonyl (C=O) groups excluding carboxylic acids is 2. The summed E-state index contributed by atoms with van der Waals surface area (Å²) >= 11 is 0. The van der Waals surface area contributed by atoms with Crippen molar-refractivity contribution in [2.45, 2.75) is 13.3 Å². The summed E-state index contributed by atoms with van der Waals surface area (Å²) in [5, 5.41) is 3.69. The molecule has 1 N–H and O–H groups in total. The number of anilines is 1. The van der Waals surface area contributed by atoms with E-state index >= 15 is 0 Å². The highest BCUT2D eigenvalue weighted by molar-refractivity contribution is 5.97. The molecule has 7 heteroatoms. The molecule has 4 rings (SSSR count). The Hall–Kier alpha value is -3.45. The van der Waals surface area contributed by atoms with E-state index in [0.29, 0.717) is 37.1 Å². The molecule has 0 aliphatic carbocycles. The highest BCUT2D eigenvalue weighted by Gasteiger charge is 2.25. The normalized spacial score (nSPS) is 14.5. The van der Waals surface area contributed by atoms with Crippen molar-refractivity contribution < 1.29 is 14.0 Å². The van der Waals surface area contributed by atoms with Gasteiger partial charge in [0.25, 0.3) is 5.91 Å². The maximum Gasteiger partial charge on any atom is 0.349 e. The predicted molar refractivity (Wildman–Crippen MR) is 119 cm³/mol. The monoisotopic (exact) mass is 419 g/mol. The number of hydrogen-bond donors (Lipinski definition) is 1. The Kier molecular flexibility index (Phi) is 6.13. The van der Waals surface area contributed by atoms with Gasteiger partial charge in [-0.2, -0.15) is 0 Å². The summed E-state index contributed by atoms with van der Waals surface area (Å²) in [5.74, 6) is -0.406. The Balaban J connectivity index is 1.35. The van der Waals surface area contributed by atoms with Crippen LogP contribution in [0.3, 0.4) is 0 Å². The van der Waals surface area contributed by atoms with Gasteiger partial charge in [0.15, 0.2) is 0 Å². The second-order valence-corrected chi connectivity index (χ2v) is 7.61. The number of para-hydroxylation sites is 2. The van der Waals surface area contributed by atoms with Gasteiger partial charge in [0.2, 0.25) is 5.91 Å². The van der Waals surface area contributed by atoms with Crippen LogP contribution in [0.1, 0.15) is 22.8 Å². The Labute approximate surface area is 180 Å². The first-order chi connectivity index (χ1) is 15.0. The third-order valence-corrected chi connectivity index (χ3v) is 5.57. The smallest absolute Gasteiger partial charge is 0.349 e. The molecule has 7 nitrogen and oxygen atoms in total. The van der Waals surface area contributed by atoms with Gasteiger partial charge >= 0.3 is 5.63 Å². The van der Waals surface area contributed by atoms with Crippen molar-refractivity contribution in [2.75, 3.05) is 38.0 Å². The molecule has 2 aromatic carbocycles.